The number of amides is 6. The quantitative estimate of drug-likeness (QED) is 0.0595. The molecule has 4 fully saturated rings. The van der Waals surface area contributed by atoms with Crippen molar-refractivity contribution in [3.05, 3.63) is 29.8 Å². The molecule has 392 valence electrons. The van der Waals surface area contributed by atoms with E-state index in [4.69, 9.17) is 17.2 Å². The van der Waals surface area contributed by atoms with Gasteiger partial charge < -0.3 is 59.3 Å². The van der Waals surface area contributed by atoms with Crippen LogP contribution >= 0.6 is 0 Å². The fourth-order valence-corrected chi connectivity index (χ4v) is 11.4. The Morgan fingerprint density at radius 3 is 1.29 bits per heavy atom. The fourth-order valence-electron chi connectivity index (χ4n) is 11.4. The summed E-state index contributed by atoms with van der Waals surface area (Å²) in [6, 6.07) is 3.69. The molecule has 18 heteroatoms. The first-order valence-electron chi connectivity index (χ1n) is 26.7. The second-order valence-electron chi connectivity index (χ2n) is 20.8. The highest BCUT2D eigenvalue weighted by Gasteiger charge is 2.40. The van der Waals surface area contributed by atoms with Crippen molar-refractivity contribution in [1.29, 1.82) is 0 Å². The van der Waals surface area contributed by atoms with Gasteiger partial charge in [-0.2, -0.15) is 0 Å². The molecular weight excluding hydrogens is 895 g/mol. The number of nitrogens with one attached hydrogen (secondary N) is 6. The van der Waals surface area contributed by atoms with Gasteiger partial charge in [-0.3, -0.25) is 33.6 Å². The maximum atomic E-state index is 14.2. The molecule has 8 unspecified atom stereocenters. The van der Waals surface area contributed by atoms with E-state index < -0.39 is 65.9 Å². The molecule has 4 saturated carbocycles. The summed E-state index contributed by atoms with van der Waals surface area (Å²) in [5.74, 6) is -4.08. The van der Waals surface area contributed by atoms with Gasteiger partial charge in [-0.05, 0) is 114 Å². The highest BCUT2D eigenvalue weighted by atomic mass is 16.4. The van der Waals surface area contributed by atoms with Crippen LogP contribution in [0.4, 0.5) is 0 Å². The van der Waals surface area contributed by atoms with Crippen LogP contribution in [0.5, 0.6) is 5.75 Å². The molecule has 0 spiro atoms. The van der Waals surface area contributed by atoms with E-state index in [-0.39, 0.29) is 66.5 Å². The van der Waals surface area contributed by atoms with Crippen LogP contribution in [-0.4, -0.2) is 107 Å². The van der Waals surface area contributed by atoms with Crippen molar-refractivity contribution in [1.82, 2.24) is 31.9 Å². The Bertz CT molecular complexity index is 1850. The third kappa shape index (κ3) is 18.4. The molecule has 4 aliphatic rings. The van der Waals surface area contributed by atoms with Crippen LogP contribution in [0.3, 0.4) is 0 Å². The summed E-state index contributed by atoms with van der Waals surface area (Å²) in [6.07, 6.45) is 15.9. The number of benzene rings is 1. The van der Waals surface area contributed by atoms with Gasteiger partial charge in [-0.25, -0.2) is 0 Å². The van der Waals surface area contributed by atoms with E-state index in [1.165, 1.54) is 0 Å². The zero-order valence-corrected chi connectivity index (χ0v) is 41.4. The van der Waals surface area contributed by atoms with E-state index >= 15 is 0 Å². The summed E-state index contributed by atoms with van der Waals surface area (Å²) in [6.45, 7) is 0.956. The topological polar surface area (TPSA) is 310 Å². The number of hydrogen-bond donors (Lipinski definition) is 11. The molecule has 0 radical (unpaired) electrons. The fraction of sp³-hybridized carbons (Fsp3) is 0.750. The Labute approximate surface area is 414 Å². The van der Waals surface area contributed by atoms with Crippen molar-refractivity contribution in [3.63, 3.8) is 0 Å². The molecule has 4 aliphatic carbocycles. The minimum atomic E-state index is -0.990. The lowest BCUT2D eigenvalue weighted by atomic mass is 9.80. The predicted molar refractivity (Wildman–Crippen MR) is 266 cm³/mol. The van der Waals surface area contributed by atoms with Gasteiger partial charge in [0.25, 0.3) is 0 Å². The minimum absolute atomic E-state index is 0.0145. The first kappa shape index (κ1) is 56.1. The number of hydrogen-bond acceptors (Lipinski definition) is 11. The monoisotopic (exact) mass is 980 g/mol. The number of carboxylic acid groups (broad SMARTS) is 1. The molecule has 0 bridgehead atoms. The summed E-state index contributed by atoms with van der Waals surface area (Å²) in [4.78, 5) is 94.6. The van der Waals surface area contributed by atoms with Crippen molar-refractivity contribution >= 4 is 41.4 Å². The Hall–Kier alpha value is -4.81. The standard InChI is InChI=1S/C52H85N9O9/c53-27-11-9-13-35(31-47(64)59-43-20-6-2-16-39(43)52(70)61-45-22-8-4-18-41(45)50(68)57-36(32-48(65)66)14-10-12-28-54)56-49(67)40-17-3-7-21-44(40)60-51(69)38-15-1-5-19-42(38)58-46(63)30-34(55)29-33-23-25-37(62)26-24-33/h23-26,34-36,38-45,62H,1-22,27-32,53-55H2,(H,56,67)(H,57,68)(H,58,63)(H,59,64)(H,60,69)(H,61,70)(H,65,66)/t34-,35-,36-,38?,39?,40?,41?,42?,43?,44?,45?/m1/s1. The molecule has 6 amide bonds. The van der Waals surface area contributed by atoms with Gasteiger partial charge in [0.05, 0.1) is 30.1 Å². The summed E-state index contributed by atoms with van der Waals surface area (Å²) in [7, 11) is 0. The molecule has 5 rings (SSSR count). The van der Waals surface area contributed by atoms with E-state index in [1.807, 2.05) is 0 Å². The highest BCUT2D eigenvalue weighted by Crippen LogP contribution is 2.31. The molecule has 11 atom stereocenters. The Morgan fingerprint density at radius 1 is 0.500 bits per heavy atom. The van der Waals surface area contributed by atoms with Gasteiger partial charge in [-0.1, -0.05) is 76.3 Å². The number of phenolic OH excluding ortho intramolecular Hbond substituents is 1. The van der Waals surface area contributed by atoms with E-state index in [2.05, 4.69) is 31.9 Å². The van der Waals surface area contributed by atoms with Crippen molar-refractivity contribution in [2.45, 2.75) is 209 Å². The normalized spacial score (nSPS) is 26.0. The van der Waals surface area contributed by atoms with E-state index in [1.54, 1.807) is 24.3 Å². The number of nitrogens with two attached hydrogens (primary N) is 3. The first-order valence-corrected chi connectivity index (χ1v) is 26.7. The van der Waals surface area contributed by atoms with Gasteiger partial charge in [0.15, 0.2) is 0 Å². The molecular formula is C52H85N9O9. The molecule has 0 heterocycles. The highest BCUT2D eigenvalue weighted by molar-refractivity contribution is 5.86. The number of rotatable bonds is 26. The van der Waals surface area contributed by atoms with Gasteiger partial charge in [0.2, 0.25) is 35.4 Å². The predicted octanol–water partition coefficient (Wildman–Crippen LogP) is 3.44. The van der Waals surface area contributed by atoms with Crippen LogP contribution in [0.1, 0.15) is 166 Å². The Morgan fingerprint density at radius 2 is 0.871 bits per heavy atom. The molecule has 18 nitrogen and oxygen atoms in total. The number of carboxylic acids is 1. The molecule has 1 aromatic carbocycles. The SMILES string of the molecule is NCCCC[C@H](CC(=O)O)NC(=O)C1CCCCC1NC(=O)C1CCCCC1NC(=O)C[C@@H](CCCCN)NC(=O)C1CCCCC1NC(=O)C1CCCCC1NC(=O)C[C@H](N)Cc1ccc(O)cc1. The van der Waals surface area contributed by atoms with Crippen LogP contribution in [0.2, 0.25) is 0 Å². The first-order chi connectivity index (χ1) is 33.7. The number of phenols is 1. The summed E-state index contributed by atoms with van der Waals surface area (Å²) >= 11 is 0. The lowest BCUT2D eigenvalue weighted by Crippen LogP contribution is -2.55. The summed E-state index contributed by atoms with van der Waals surface area (Å²) in [5, 5.41) is 37.9. The van der Waals surface area contributed by atoms with E-state index in [0.717, 1.165) is 69.8 Å². The van der Waals surface area contributed by atoms with E-state index in [9.17, 15) is 43.8 Å². The second kappa shape index (κ2) is 29.5. The van der Waals surface area contributed by atoms with Crippen molar-refractivity contribution < 1.29 is 43.8 Å². The van der Waals surface area contributed by atoms with Gasteiger partial charge >= 0.3 is 5.97 Å². The zero-order chi connectivity index (χ0) is 50.4. The van der Waals surface area contributed by atoms with Crippen molar-refractivity contribution in [2.24, 2.45) is 40.9 Å². The summed E-state index contributed by atoms with van der Waals surface area (Å²) in [5.41, 5.74) is 18.7. The molecule has 0 saturated heterocycles. The van der Waals surface area contributed by atoms with Crippen LogP contribution in [-0.2, 0) is 40.0 Å². The third-order valence-electron chi connectivity index (χ3n) is 15.2. The second-order valence-corrected chi connectivity index (χ2v) is 20.8. The largest absolute Gasteiger partial charge is 0.508 e. The summed E-state index contributed by atoms with van der Waals surface area (Å²) < 4.78 is 0. The molecule has 0 aliphatic heterocycles. The van der Waals surface area contributed by atoms with Crippen molar-refractivity contribution in [2.75, 3.05) is 13.1 Å². The van der Waals surface area contributed by atoms with Crippen molar-refractivity contribution in [3.8, 4) is 5.75 Å². The Balaban J connectivity index is 1.15. The molecule has 14 N–H and O–H groups in total. The Kier molecular flexibility index (Phi) is 23.7. The van der Waals surface area contributed by atoms with E-state index in [0.29, 0.717) is 96.6 Å². The van der Waals surface area contributed by atoms with Crippen LogP contribution in [0.15, 0.2) is 24.3 Å². The maximum absolute atomic E-state index is 14.2. The third-order valence-corrected chi connectivity index (χ3v) is 15.2. The van der Waals surface area contributed by atoms with Gasteiger partial charge in [0, 0.05) is 55.1 Å². The zero-order valence-electron chi connectivity index (χ0n) is 41.4. The van der Waals surface area contributed by atoms with Crippen LogP contribution < -0.4 is 49.1 Å². The van der Waals surface area contributed by atoms with Gasteiger partial charge in [0.1, 0.15) is 5.75 Å². The maximum Gasteiger partial charge on any atom is 0.305 e. The average Bonchev–Trinajstić information content (AvgIpc) is 3.32. The molecule has 0 aromatic heterocycles. The number of unbranched alkanes of at least 4 members (excludes halogenated alkanes) is 2. The van der Waals surface area contributed by atoms with Crippen LogP contribution in [0, 0.1) is 23.7 Å². The number of carbonyl (C=O) groups is 7. The number of aromatic hydroxyl groups is 1. The van der Waals surface area contributed by atoms with Gasteiger partial charge in [-0.15, -0.1) is 0 Å². The van der Waals surface area contributed by atoms with Crippen LogP contribution in [0.25, 0.3) is 0 Å². The average molecular weight is 980 g/mol. The number of carbonyl (C=O) groups excluding carboxylic acids is 6. The lowest BCUT2D eigenvalue weighted by molar-refractivity contribution is -0.138. The molecule has 1 aromatic rings. The number of aliphatic carboxylic acids is 1. The smallest absolute Gasteiger partial charge is 0.305 e. The molecule has 70 heavy (non-hydrogen) atoms. The minimum Gasteiger partial charge on any atom is -0.508 e. The lowest BCUT2D eigenvalue weighted by Gasteiger charge is -2.37.